The quantitative estimate of drug-likeness (QED) is 0.294. The minimum atomic E-state index is -0.792. The second kappa shape index (κ2) is 5.03. The molecule has 0 amide bonds. The molecule has 0 atom stereocenters. The van der Waals surface area contributed by atoms with E-state index in [1.807, 2.05) is 0 Å². The molecule has 10 heteroatoms. The first kappa shape index (κ1) is 14.6. The first-order valence-electron chi connectivity index (χ1n) is 7.06. The van der Waals surface area contributed by atoms with Crippen LogP contribution in [0.2, 0.25) is 0 Å². The van der Waals surface area contributed by atoms with E-state index >= 15 is 0 Å². The van der Waals surface area contributed by atoms with Gasteiger partial charge in [0.2, 0.25) is 0 Å². The predicted octanol–water partition coefficient (Wildman–Crippen LogP) is -0.486. The molecule has 0 radical (unpaired) electrons. The highest BCUT2D eigenvalue weighted by Crippen LogP contribution is 2.34. The maximum Gasteiger partial charge on any atom is 0.327 e. The molecule has 0 fully saturated rings. The average Bonchev–Trinajstić information content (AvgIpc) is 2.53. The second-order valence-electron chi connectivity index (χ2n) is 5.27. The highest BCUT2D eigenvalue weighted by Gasteiger charge is 2.20. The molecule has 0 spiro atoms. The second-order valence-corrected chi connectivity index (χ2v) is 5.27. The molecule has 10 nitrogen and oxygen atoms in total. The van der Waals surface area contributed by atoms with Gasteiger partial charge in [-0.05, 0) is 6.07 Å². The third kappa shape index (κ3) is 2.16. The van der Waals surface area contributed by atoms with Gasteiger partial charge in [-0.2, -0.15) is 0 Å². The lowest BCUT2D eigenvalue weighted by atomic mass is 9.99. The molecule has 0 bridgehead atoms. The number of hydrogen-bond donors (Lipinski definition) is 5. The number of hydrogen-bond acceptors (Lipinski definition) is 6. The number of aromatic nitrogens is 5. The van der Waals surface area contributed by atoms with E-state index in [9.17, 15) is 24.3 Å². The Labute approximate surface area is 135 Å². The number of pyridine rings is 1. The summed E-state index contributed by atoms with van der Waals surface area (Å²) in [5.41, 5.74) is -3.17. The van der Waals surface area contributed by atoms with Gasteiger partial charge in [-0.25, -0.2) is 14.6 Å². The number of fused-ring (bicyclic) bond motifs is 2. The molecule has 124 valence electrons. The van der Waals surface area contributed by atoms with E-state index in [0.29, 0.717) is 0 Å². The number of rotatable bonds is 1. The van der Waals surface area contributed by atoms with Crippen molar-refractivity contribution < 1.29 is 5.11 Å². The zero-order chi connectivity index (χ0) is 17.7. The topological polar surface area (TPSA) is 165 Å². The highest BCUT2D eigenvalue weighted by molar-refractivity contribution is 6.07. The number of aromatic amines is 4. The fourth-order valence-corrected chi connectivity index (χ4v) is 2.77. The molecule has 4 rings (SSSR count). The largest absolute Gasteiger partial charge is 0.507 e. The Balaban J connectivity index is 2.42. The van der Waals surface area contributed by atoms with Crippen LogP contribution in [0.5, 0.6) is 5.75 Å². The summed E-state index contributed by atoms with van der Waals surface area (Å²) in [5, 5.41) is 10.0. The summed E-state index contributed by atoms with van der Waals surface area (Å²) in [4.78, 5) is 60.6. The van der Waals surface area contributed by atoms with Crippen LogP contribution in [0.4, 0.5) is 0 Å². The summed E-state index contributed by atoms with van der Waals surface area (Å²) in [6, 6.07) is 6.06. The van der Waals surface area contributed by atoms with Crippen LogP contribution >= 0.6 is 0 Å². The molecule has 3 heterocycles. The SMILES string of the molecule is O=c1[nH]c(=O)c2c(-c3ccccc3O)c3c(=O)[nH]c(=O)[nH]c3nc2[nH]1. The Morgan fingerprint density at radius 3 is 1.80 bits per heavy atom. The smallest absolute Gasteiger partial charge is 0.327 e. The maximum absolute atomic E-state index is 12.3. The third-order valence-electron chi connectivity index (χ3n) is 3.74. The van der Waals surface area contributed by atoms with Crippen molar-refractivity contribution >= 4 is 22.1 Å². The van der Waals surface area contributed by atoms with Gasteiger partial charge in [-0.15, -0.1) is 0 Å². The number of phenols is 1. The standard InChI is InChI=1S/C15H9N5O5/c21-6-4-2-1-3-5(6)7-8-10(17-14(24)19-12(8)22)16-11-9(7)13(23)20-15(25)18-11/h1-4,21H,(H4,16,17,18,19,20,22,23,24,25). The number of H-pyrrole nitrogens is 4. The molecule has 0 aliphatic rings. The summed E-state index contributed by atoms with van der Waals surface area (Å²) < 4.78 is 0. The van der Waals surface area contributed by atoms with E-state index < -0.39 is 22.5 Å². The average molecular weight is 339 g/mol. The molecular weight excluding hydrogens is 330 g/mol. The van der Waals surface area contributed by atoms with Crippen LogP contribution in [0.25, 0.3) is 33.2 Å². The van der Waals surface area contributed by atoms with Gasteiger partial charge in [-0.3, -0.25) is 29.5 Å². The lowest BCUT2D eigenvalue weighted by molar-refractivity contribution is 0.477. The maximum atomic E-state index is 12.3. The van der Waals surface area contributed by atoms with E-state index in [0.717, 1.165) is 0 Å². The van der Waals surface area contributed by atoms with Crippen molar-refractivity contribution in [1.82, 2.24) is 24.9 Å². The number of aromatic hydroxyl groups is 1. The Kier molecular flexibility index (Phi) is 2.94. The number of benzene rings is 1. The summed E-state index contributed by atoms with van der Waals surface area (Å²) in [7, 11) is 0. The van der Waals surface area contributed by atoms with Crippen LogP contribution in [0.3, 0.4) is 0 Å². The Morgan fingerprint density at radius 1 is 0.760 bits per heavy atom. The molecule has 1 aromatic carbocycles. The fraction of sp³-hybridized carbons (Fsp3) is 0. The van der Waals surface area contributed by atoms with Crippen molar-refractivity contribution in [2.75, 3.05) is 0 Å². The Morgan fingerprint density at radius 2 is 1.28 bits per heavy atom. The minimum absolute atomic E-state index is 0.0492. The molecule has 4 aromatic rings. The van der Waals surface area contributed by atoms with Gasteiger partial charge in [0.1, 0.15) is 17.0 Å². The van der Waals surface area contributed by atoms with E-state index in [4.69, 9.17) is 0 Å². The van der Waals surface area contributed by atoms with E-state index in [2.05, 4.69) is 24.9 Å². The van der Waals surface area contributed by atoms with E-state index in [1.54, 1.807) is 12.1 Å². The third-order valence-corrected chi connectivity index (χ3v) is 3.74. The van der Waals surface area contributed by atoms with Gasteiger partial charge >= 0.3 is 11.4 Å². The first-order valence-corrected chi connectivity index (χ1v) is 7.06. The van der Waals surface area contributed by atoms with Gasteiger partial charge < -0.3 is 5.11 Å². The zero-order valence-corrected chi connectivity index (χ0v) is 12.3. The summed E-state index contributed by atoms with van der Waals surface area (Å²) in [6.45, 7) is 0. The Bertz CT molecular complexity index is 1310. The number of nitrogens with one attached hydrogen (secondary N) is 4. The predicted molar refractivity (Wildman–Crippen MR) is 88.8 cm³/mol. The first-order chi connectivity index (χ1) is 12.0. The summed E-state index contributed by atoms with van der Waals surface area (Å²) in [5.74, 6) is -0.187. The van der Waals surface area contributed by atoms with Crippen LogP contribution in [0, 0.1) is 0 Å². The van der Waals surface area contributed by atoms with Crippen molar-refractivity contribution in [1.29, 1.82) is 0 Å². The lowest BCUT2D eigenvalue weighted by Gasteiger charge is -2.10. The van der Waals surface area contributed by atoms with Gasteiger partial charge in [0.05, 0.1) is 10.8 Å². The molecular formula is C15H9N5O5. The minimum Gasteiger partial charge on any atom is -0.507 e. The zero-order valence-electron chi connectivity index (χ0n) is 12.3. The monoisotopic (exact) mass is 339 g/mol. The van der Waals surface area contributed by atoms with Crippen molar-refractivity contribution in [3.63, 3.8) is 0 Å². The van der Waals surface area contributed by atoms with Gasteiger partial charge in [0, 0.05) is 11.1 Å². The van der Waals surface area contributed by atoms with Crippen molar-refractivity contribution in [2.45, 2.75) is 0 Å². The summed E-state index contributed by atoms with van der Waals surface area (Å²) >= 11 is 0. The van der Waals surface area contributed by atoms with Gasteiger partial charge in [0.15, 0.2) is 0 Å². The van der Waals surface area contributed by atoms with E-state index in [1.165, 1.54) is 12.1 Å². The van der Waals surface area contributed by atoms with Crippen molar-refractivity contribution in [2.24, 2.45) is 0 Å². The highest BCUT2D eigenvalue weighted by atomic mass is 16.3. The molecule has 0 aliphatic heterocycles. The van der Waals surface area contributed by atoms with E-state index in [-0.39, 0.29) is 38.9 Å². The fourth-order valence-electron chi connectivity index (χ4n) is 2.77. The van der Waals surface area contributed by atoms with Crippen LogP contribution < -0.4 is 22.5 Å². The number of para-hydroxylation sites is 1. The van der Waals surface area contributed by atoms with Crippen LogP contribution in [-0.2, 0) is 0 Å². The molecule has 0 saturated carbocycles. The van der Waals surface area contributed by atoms with Crippen LogP contribution in [-0.4, -0.2) is 30.0 Å². The Hall–Kier alpha value is -3.95. The molecule has 3 aromatic heterocycles. The van der Waals surface area contributed by atoms with Crippen LogP contribution in [0.15, 0.2) is 43.4 Å². The lowest BCUT2D eigenvalue weighted by Crippen LogP contribution is -2.26. The van der Waals surface area contributed by atoms with Crippen LogP contribution in [0.1, 0.15) is 0 Å². The van der Waals surface area contributed by atoms with Crippen molar-refractivity contribution in [3.05, 3.63) is 65.9 Å². The molecule has 25 heavy (non-hydrogen) atoms. The number of phenolic OH excluding ortho intramolecular Hbond substituents is 1. The molecule has 5 N–H and O–H groups in total. The van der Waals surface area contributed by atoms with Gasteiger partial charge in [-0.1, -0.05) is 18.2 Å². The molecule has 0 saturated heterocycles. The van der Waals surface area contributed by atoms with Crippen molar-refractivity contribution in [3.8, 4) is 16.9 Å². The van der Waals surface area contributed by atoms with Gasteiger partial charge in [0.25, 0.3) is 11.1 Å². The normalized spacial score (nSPS) is 11.2. The molecule has 0 aliphatic carbocycles. The molecule has 0 unspecified atom stereocenters. The summed E-state index contributed by atoms with van der Waals surface area (Å²) in [6.07, 6.45) is 0. The number of nitrogens with zero attached hydrogens (tertiary/aromatic N) is 1.